The number of amides is 3. The van der Waals surface area contributed by atoms with Crippen molar-refractivity contribution in [1.29, 1.82) is 0 Å². The number of ether oxygens (including phenoxy) is 1. The van der Waals surface area contributed by atoms with Crippen LogP contribution in [0, 0.1) is 31.5 Å². The minimum absolute atomic E-state index is 0.0518. The normalized spacial score (nSPS) is 29.5. The molecule has 2 N–H and O–H groups in total. The van der Waals surface area contributed by atoms with Gasteiger partial charge in [-0.15, -0.1) is 0 Å². The van der Waals surface area contributed by atoms with Gasteiger partial charge in [-0.05, 0) is 67.6 Å². The Labute approximate surface area is 227 Å². The fourth-order valence-electron chi connectivity index (χ4n) is 6.80. The summed E-state index contributed by atoms with van der Waals surface area (Å²) in [6.45, 7) is 4.10. The van der Waals surface area contributed by atoms with Gasteiger partial charge in [0, 0.05) is 18.3 Å². The van der Waals surface area contributed by atoms with Gasteiger partial charge in [-0.1, -0.05) is 49.6 Å². The van der Waals surface area contributed by atoms with Crippen LogP contribution in [0.5, 0.6) is 0 Å². The van der Waals surface area contributed by atoms with E-state index in [-0.39, 0.29) is 36.1 Å². The summed E-state index contributed by atoms with van der Waals surface area (Å²) in [7, 11) is 0. The summed E-state index contributed by atoms with van der Waals surface area (Å²) in [6.07, 6.45) is 8.11. The van der Waals surface area contributed by atoms with Crippen LogP contribution in [0.3, 0.4) is 0 Å². The zero-order valence-electron chi connectivity index (χ0n) is 22.3. The Morgan fingerprint density at radius 1 is 1.03 bits per heavy atom. The molecule has 3 aliphatic heterocycles. The first kappa shape index (κ1) is 25.7. The van der Waals surface area contributed by atoms with E-state index in [4.69, 9.17) is 4.74 Å². The molecule has 0 aromatic heterocycles. The average molecular weight is 532 g/mol. The monoisotopic (exact) mass is 531 g/mol. The van der Waals surface area contributed by atoms with Crippen molar-refractivity contribution in [3.05, 3.63) is 77.1 Å². The molecule has 0 radical (unpaired) electrons. The van der Waals surface area contributed by atoms with E-state index in [2.05, 4.69) is 10.6 Å². The minimum atomic E-state index is -1.23. The molecule has 2 saturated heterocycles. The van der Waals surface area contributed by atoms with Gasteiger partial charge in [-0.3, -0.25) is 14.4 Å². The number of aryl methyl sites for hydroxylation is 2. The Kier molecular flexibility index (Phi) is 6.53. The highest BCUT2D eigenvalue weighted by molar-refractivity contribution is 6.02. The van der Waals surface area contributed by atoms with E-state index in [1.54, 1.807) is 12.1 Å². The van der Waals surface area contributed by atoms with Gasteiger partial charge in [0.25, 0.3) is 0 Å². The summed E-state index contributed by atoms with van der Waals surface area (Å²) >= 11 is 0. The van der Waals surface area contributed by atoms with Gasteiger partial charge >= 0.3 is 0 Å². The third-order valence-corrected chi connectivity index (χ3v) is 8.92. The fourth-order valence-corrected chi connectivity index (χ4v) is 6.80. The number of fused-ring (bicyclic) bond motifs is 1. The lowest BCUT2D eigenvalue weighted by Crippen LogP contribution is -2.56. The minimum Gasteiger partial charge on any atom is -0.359 e. The van der Waals surface area contributed by atoms with E-state index >= 15 is 0 Å². The maximum absolute atomic E-state index is 14.1. The smallest absolute Gasteiger partial charge is 0.246 e. The molecule has 1 spiro atoms. The van der Waals surface area contributed by atoms with E-state index in [1.807, 2.05) is 44.2 Å². The Morgan fingerprint density at radius 2 is 1.77 bits per heavy atom. The first-order chi connectivity index (χ1) is 18.8. The maximum atomic E-state index is 14.1. The zero-order valence-corrected chi connectivity index (χ0v) is 22.3. The molecule has 3 amide bonds. The number of carbonyl (C=O) groups excluding carboxylic acids is 3. The summed E-state index contributed by atoms with van der Waals surface area (Å²) < 4.78 is 20.0. The van der Waals surface area contributed by atoms with Crippen molar-refractivity contribution in [2.75, 3.05) is 5.32 Å². The molecular weight excluding hydrogens is 497 g/mol. The maximum Gasteiger partial charge on any atom is 0.246 e. The quantitative estimate of drug-likeness (QED) is 0.548. The van der Waals surface area contributed by atoms with Crippen LogP contribution < -0.4 is 10.6 Å². The molecule has 1 aliphatic carbocycles. The average Bonchev–Trinajstić information content (AvgIpc) is 3.56. The lowest BCUT2D eigenvalue weighted by Gasteiger charge is -2.34. The molecule has 2 aromatic rings. The lowest BCUT2D eigenvalue weighted by atomic mass is 9.74. The first-order valence-corrected chi connectivity index (χ1v) is 13.9. The predicted molar refractivity (Wildman–Crippen MR) is 144 cm³/mol. The number of hydrogen-bond donors (Lipinski definition) is 2. The Bertz CT molecular complexity index is 1340. The molecule has 3 heterocycles. The summed E-state index contributed by atoms with van der Waals surface area (Å²) in [6, 6.07) is 10.7. The molecule has 7 nitrogen and oxygen atoms in total. The molecule has 4 aliphatic rings. The second-order valence-corrected chi connectivity index (χ2v) is 11.4. The van der Waals surface area contributed by atoms with E-state index in [0.717, 1.165) is 43.2 Å². The molecule has 6 rings (SSSR count). The Hall–Kier alpha value is -3.52. The van der Waals surface area contributed by atoms with E-state index in [1.165, 1.54) is 17.0 Å². The van der Waals surface area contributed by atoms with Crippen LogP contribution in [-0.4, -0.2) is 46.4 Å². The number of anilines is 1. The van der Waals surface area contributed by atoms with Crippen molar-refractivity contribution in [3.8, 4) is 0 Å². The van der Waals surface area contributed by atoms with Crippen LogP contribution in [-0.2, 0) is 25.7 Å². The number of nitrogens with zero attached hydrogens (tertiary/aromatic N) is 1. The highest BCUT2D eigenvalue weighted by Gasteiger charge is 2.72. The number of benzene rings is 2. The van der Waals surface area contributed by atoms with Gasteiger partial charge in [-0.2, -0.15) is 0 Å². The second kappa shape index (κ2) is 9.90. The molecule has 39 heavy (non-hydrogen) atoms. The number of nitrogens with one attached hydrogen (secondary N) is 2. The number of carbonyl (C=O) groups is 3. The highest BCUT2D eigenvalue weighted by Crippen LogP contribution is 2.55. The molecule has 3 fully saturated rings. The fraction of sp³-hybridized carbons (Fsp3) is 0.452. The third-order valence-electron chi connectivity index (χ3n) is 8.92. The SMILES string of the molecule is Cc1ccc(NC(=O)[C@@H]2[C@H]3C=C[C@@]4(O3)[C@H]2C(=O)N(Cc2ccc(F)cc2)[C@@H]4C(=O)NC2CCCCC2)cc1C. The van der Waals surface area contributed by atoms with Crippen molar-refractivity contribution < 1.29 is 23.5 Å². The van der Waals surface area contributed by atoms with Crippen LogP contribution in [0.4, 0.5) is 10.1 Å². The molecule has 1 saturated carbocycles. The van der Waals surface area contributed by atoms with E-state index in [0.29, 0.717) is 11.3 Å². The van der Waals surface area contributed by atoms with Gasteiger partial charge < -0.3 is 20.3 Å². The molecule has 2 aromatic carbocycles. The molecule has 2 bridgehead atoms. The third kappa shape index (κ3) is 4.44. The topological polar surface area (TPSA) is 87.7 Å². The standard InChI is InChI=1S/C31H34FN3O4/c1-18-8-13-23(16-19(18)2)34-28(36)25-24-14-15-31(39-24)26(25)30(38)35(17-20-9-11-21(32)12-10-20)27(31)29(37)33-22-6-4-3-5-7-22/h8-16,22,24-27H,3-7,17H2,1-2H3,(H,33,37)(H,34,36)/t24-,25-,26-,27-,31-/m1/s1. The number of rotatable bonds is 6. The van der Waals surface area contributed by atoms with Crippen LogP contribution >= 0.6 is 0 Å². The van der Waals surface area contributed by atoms with Crippen molar-refractivity contribution in [1.82, 2.24) is 10.2 Å². The van der Waals surface area contributed by atoms with Crippen LogP contribution in [0.2, 0.25) is 0 Å². The lowest BCUT2D eigenvalue weighted by molar-refractivity contribution is -0.142. The van der Waals surface area contributed by atoms with Gasteiger partial charge in [0.1, 0.15) is 17.5 Å². The highest BCUT2D eigenvalue weighted by atomic mass is 19.1. The van der Waals surface area contributed by atoms with Gasteiger partial charge in [0.2, 0.25) is 17.7 Å². The van der Waals surface area contributed by atoms with E-state index < -0.39 is 29.6 Å². The number of hydrogen-bond acceptors (Lipinski definition) is 4. The first-order valence-electron chi connectivity index (χ1n) is 13.9. The Balaban J connectivity index is 1.32. The largest absolute Gasteiger partial charge is 0.359 e. The summed E-state index contributed by atoms with van der Waals surface area (Å²) in [5.74, 6) is -2.84. The molecular formula is C31H34FN3O4. The second-order valence-electron chi connectivity index (χ2n) is 11.4. The summed E-state index contributed by atoms with van der Waals surface area (Å²) in [4.78, 5) is 43.2. The number of likely N-dealkylation sites (tertiary alicyclic amines) is 1. The molecule has 5 atom stereocenters. The summed E-state index contributed by atoms with van der Waals surface area (Å²) in [5, 5.41) is 6.17. The van der Waals surface area contributed by atoms with Gasteiger partial charge in [0.15, 0.2) is 0 Å². The summed E-state index contributed by atoms with van der Waals surface area (Å²) in [5.41, 5.74) is 2.30. The predicted octanol–water partition coefficient (Wildman–Crippen LogP) is 4.18. The van der Waals surface area contributed by atoms with Gasteiger partial charge in [-0.25, -0.2) is 4.39 Å². The van der Waals surface area contributed by atoms with Crippen LogP contribution in [0.25, 0.3) is 0 Å². The van der Waals surface area contributed by atoms with Crippen molar-refractivity contribution >= 4 is 23.4 Å². The van der Waals surface area contributed by atoms with Crippen LogP contribution in [0.15, 0.2) is 54.6 Å². The van der Waals surface area contributed by atoms with Crippen LogP contribution in [0.1, 0.15) is 48.8 Å². The number of halogens is 1. The molecule has 204 valence electrons. The van der Waals surface area contributed by atoms with Gasteiger partial charge in [0.05, 0.1) is 17.9 Å². The Morgan fingerprint density at radius 3 is 2.49 bits per heavy atom. The molecule has 0 unspecified atom stereocenters. The van der Waals surface area contributed by atoms with Crippen molar-refractivity contribution in [3.63, 3.8) is 0 Å². The van der Waals surface area contributed by atoms with E-state index in [9.17, 15) is 18.8 Å². The zero-order chi connectivity index (χ0) is 27.3. The van der Waals surface area contributed by atoms with Crippen molar-refractivity contribution in [2.24, 2.45) is 11.8 Å². The van der Waals surface area contributed by atoms with Crippen molar-refractivity contribution in [2.45, 2.75) is 76.3 Å². The molecule has 8 heteroatoms.